The highest BCUT2D eigenvalue weighted by atomic mass is 35.5. The van der Waals surface area contributed by atoms with E-state index in [1.54, 1.807) is 19.5 Å². The lowest BCUT2D eigenvalue weighted by Crippen LogP contribution is -2.29. The summed E-state index contributed by atoms with van der Waals surface area (Å²) in [6.07, 6.45) is 12.6. The molecule has 0 aliphatic rings. The minimum Gasteiger partial charge on any atom is -0.472 e. The number of aliphatic hydroxyl groups is 1. The van der Waals surface area contributed by atoms with Crippen molar-refractivity contribution in [2.45, 2.75) is 77.2 Å². The first-order valence-electron chi connectivity index (χ1n) is 10.4. The van der Waals surface area contributed by atoms with E-state index in [2.05, 4.69) is 26.0 Å². The summed E-state index contributed by atoms with van der Waals surface area (Å²) in [5.41, 5.74) is 3.70. The molecule has 0 aliphatic heterocycles. The summed E-state index contributed by atoms with van der Waals surface area (Å²) in [7, 11) is 0. The van der Waals surface area contributed by atoms with Crippen LogP contribution in [0.3, 0.4) is 0 Å². The van der Waals surface area contributed by atoms with Gasteiger partial charge in [-0.1, -0.05) is 18.6 Å². The Morgan fingerprint density at radius 2 is 2.07 bits per heavy atom. The lowest BCUT2D eigenvalue weighted by Gasteiger charge is -2.15. The molecule has 4 nitrogen and oxygen atoms in total. The number of alkyl halides is 1. The van der Waals surface area contributed by atoms with Gasteiger partial charge in [-0.15, -0.1) is 11.6 Å². The molecule has 2 aromatic heterocycles. The summed E-state index contributed by atoms with van der Waals surface area (Å²) in [6.45, 7) is 5.86. The zero-order valence-corrected chi connectivity index (χ0v) is 18.5. The summed E-state index contributed by atoms with van der Waals surface area (Å²) >= 11 is 5.79. The molecule has 0 unspecified atom stereocenters. The molecular formula is C24H33ClO4. The maximum absolute atomic E-state index is 11.9. The van der Waals surface area contributed by atoms with E-state index in [1.807, 2.05) is 12.3 Å². The molecule has 2 rings (SSSR count). The average Bonchev–Trinajstić information content (AvgIpc) is 3.33. The Morgan fingerprint density at radius 3 is 2.76 bits per heavy atom. The molecule has 5 heteroatoms. The van der Waals surface area contributed by atoms with Crippen LogP contribution in [0.2, 0.25) is 0 Å². The van der Waals surface area contributed by atoms with Gasteiger partial charge in [0.15, 0.2) is 5.78 Å². The topological polar surface area (TPSA) is 63.6 Å². The lowest BCUT2D eigenvalue weighted by atomic mass is 9.94. The molecule has 0 spiro atoms. The number of carbonyl (C=O) groups excluding carboxylic acids is 1. The van der Waals surface area contributed by atoms with Crippen molar-refractivity contribution in [3.8, 4) is 0 Å². The van der Waals surface area contributed by atoms with Crippen molar-refractivity contribution < 1.29 is 18.7 Å². The van der Waals surface area contributed by atoms with Crippen LogP contribution in [0, 0.1) is 5.92 Å². The van der Waals surface area contributed by atoms with Gasteiger partial charge >= 0.3 is 0 Å². The van der Waals surface area contributed by atoms with Crippen LogP contribution in [0.5, 0.6) is 0 Å². The number of Topliss-reactive ketones (excluding diaryl/α,β-unsaturated/α-hetero) is 1. The highest BCUT2D eigenvalue weighted by Gasteiger charge is 2.21. The number of aryl methyl sites for hydroxylation is 1. The smallest absolute Gasteiger partial charge is 0.163 e. The third-order valence-corrected chi connectivity index (χ3v) is 5.41. The average molecular weight is 421 g/mol. The van der Waals surface area contributed by atoms with Gasteiger partial charge in [-0.25, -0.2) is 0 Å². The second kappa shape index (κ2) is 12.0. The Morgan fingerprint density at radius 1 is 1.28 bits per heavy atom. The van der Waals surface area contributed by atoms with Gasteiger partial charge in [-0.2, -0.15) is 0 Å². The number of rotatable bonds is 13. The molecule has 0 saturated heterocycles. The van der Waals surface area contributed by atoms with Crippen molar-refractivity contribution in [3.05, 3.63) is 59.5 Å². The van der Waals surface area contributed by atoms with Gasteiger partial charge in [0.05, 0.1) is 24.2 Å². The number of aliphatic hydroxyl groups excluding tert-OH is 1. The number of carbonyl (C=O) groups is 1. The van der Waals surface area contributed by atoms with Gasteiger partial charge in [0.25, 0.3) is 0 Å². The van der Waals surface area contributed by atoms with E-state index >= 15 is 0 Å². The van der Waals surface area contributed by atoms with E-state index in [-0.39, 0.29) is 11.7 Å². The van der Waals surface area contributed by atoms with Crippen LogP contribution in [0.4, 0.5) is 0 Å². The summed E-state index contributed by atoms with van der Waals surface area (Å²) < 4.78 is 10.7. The zero-order valence-electron chi connectivity index (χ0n) is 17.7. The molecule has 0 bridgehead atoms. The number of hydrogen-bond acceptors (Lipinski definition) is 4. The Labute approximate surface area is 178 Å². The van der Waals surface area contributed by atoms with Gasteiger partial charge in [0.1, 0.15) is 11.9 Å². The molecule has 0 saturated carbocycles. The van der Waals surface area contributed by atoms with Crippen LogP contribution < -0.4 is 0 Å². The predicted octanol–water partition coefficient (Wildman–Crippen LogP) is 6.10. The predicted molar refractivity (Wildman–Crippen MR) is 116 cm³/mol. The van der Waals surface area contributed by atoms with Crippen LogP contribution in [0.1, 0.15) is 69.8 Å². The Bertz CT molecular complexity index is 758. The fourth-order valence-corrected chi connectivity index (χ4v) is 3.52. The van der Waals surface area contributed by atoms with E-state index < -0.39 is 11.5 Å². The molecule has 0 aromatic carbocycles. The molecule has 29 heavy (non-hydrogen) atoms. The van der Waals surface area contributed by atoms with Crippen molar-refractivity contribution in [2.75, 3.05) is 0 Å². The van der Waals surface area contributed by atoms with E-state index in [0.717, 1.165) is 49.8 Å². The highest BCUT2D eigenvalue weighted by molar-refractivity contribution is 6.22. The summed E-state index contributed by atoms with van der Waals surface area (Å²) in [5.74, 6) is 1.07. The Hall–Kier alpha value is -1.78. The molecule has 1 N–H and O–H groups in total. The van der Waals surface area contributed by atoms with Crippen LogP contribution in [-0.2, 0) is 17.6 Å². The number of hydrogen-bond donors (Lipinski definition) is 1. The molecule has 3 atom stereocenters. The van der Waals surface area contributed by atoms with Crippen LogP contribution in [0.25, 0.3) is 0 Å². The molecule has 160 valence electrons. The molecule has 0 radical (unpaired) electrons. The molecule has 2 aromatic rings. The van der Waals surface area contributed by atoms with Crippen molar-refractivity contribution in [3.63, 3.8) is 0 Å². The first-order chi connectivity index (χ1) is 13.8. The lowest BCUT2D eigenvalue weighted by molar-refractivity contribution is -0.127. The van der Waals surface area contributed by atoms with Gasteiger partial charge in [0.2, 0.25) is 0 Å². The van der Waals surface area contributed by atoms with Crippen LogP contribution in [-0.4, -0.2) is 22.4 Å². The van der Waals surface area contributed by atoms with Crippen LogP contribution >= 0.6 is 11.6 Å². The minimum absolute atomic E-state index is 0.153. The first-order valence-corrected chi connectivity index (χ1v) is 10.9. The quantitative estimate of drug-likeness (QED) is 0.314. The van der Waals surface area contributed by atoms with Crippen molar-refractivity contribution in [1.29, 1.82) is 0 Å². The Balaban J connectivity index is 1.63. The van der Waals surface area contributed by atoms with Gasteiger partial charge < -0.3 is 13.9 Å². The molecule has 0 fully saturated rings. The number of furan rings is 2. The maximum atomic E-state index is 11.9. The summed E-state index contributed by atoms with van der Waals surface area (Å²) in [5, 5.41) is 9.18. The SMILES string of the molecule is CC(=CCCc1coc(Cc2ccoc2)c1)CCC[C@@H](C)CC(=O)[C@H](O)[C@H](C)Cl. The maximum Gasteiger partial charge on any atom is 0.163 e. The normalized spacial score (nSPS) is 15.3. The molecular weight excluding hydrogens is 388 g/mol. The first kappa shape index (κ1) is 23.5. The number of halogens is 1. The van der Waals surface area contributed by atoms with Crippen molar-refractivity contribution in [1.82, 2.24) is 0 Å². The van der Waals surface area contributed by atoms with Crippen LogP contribution in [0.15, 0.2) is 51.4 Å². The molecule has 0 aliphatic carbocycles. The standard InChI is InChI=1S/C24H33ClO4/c1-17(6-4-8-18(2)12-23(26)24(27)19(3)25)7-5-9-20-13-22(29-16-20)14-21-10-11-28-15-21/h7,10-11,13,15-16,18-19,24,27H,4-6,8-9,12,14H2,1-3H3/t18-,19+,24-/m1/s1. The largest absolute Gasteiger partial charge is 0.472 e. The van der Waals surface area contributed by atoms with E-state index in [0.29, 0.717) is 6.42 Å². The van der Waals surface area contributed by atoms with E-state index in [1.165, 1.54) is 11.1 Å². The van der Waals surface area contributed by atoms with Crippen molar-refractivity contribution >= 4 is 17.4 Å². The second-order valence-corrected chi connectivity index (χ2v) is 8.80. The highest BCUT2D eigenvalue weighted by Crippen LogP contribution is 2.19. The molecule has 0 amide bonds. The minimum atomic E-state index is -1.05. The fraction of sp³-hybridized carbons (Fsp3) is 0.542. The number of allylic oxidation sites excluding steroid dienone is 2. The van der Waals surface area contributed by atoms with E-state index in [4.69, 9.17) is 20.4 Å². The third kappa shape index (κ3) is 8.63. The fourth-order valence-electron chi connectivity index (χ4n) is 3.38. The summed E-state index contributed by atoms with van der Waals surface area (Å²) in [4.78, 5) is 11.9. The van der Waals surface area contributed by atoms with E-state index in [9.17, 15) is 9.90 Å². The number of ketones is 1. The third-order valence-electron chi connectivity index (χ3n) is 5.17. The second-order valence-electron chi connectivity index (χ2n) is 8.11. The molecule has 2 heterocycles. The Kier molecular flexibility index (Phi) is 9.75. The van der Waals surface area contributed by atoms with Crippen molar-refractivity contribution in [2.24, 2.45) is 5.92 Å². The van der Waals surface area contributed by atoms with Gasteiger partial charge in [-0.05, 0) is 75.1 Å². The zero-order chi connectivity index (χ0) is 21.2. The summed E-state index contributed by atoms with van der Waals surface area (Å²) in [6, 6.07) is 4.07. The van der Waals surface area contributed by atoms with Gasteiger partial charge in [0, 0.05) is 12.8 Å². The monoisotopic (exact) mass is 420 g/mol. The van der Waals surface area contributed by atoms with Gasteiger partial charge in [-0.3, -0.25) is 4.79 Å².